The Bertz CT molecular complexity index is 2810. The van der Waals surface area contributed by atoms with Crippen molar-refractivity contribution in [3.63, 3.8) is 0 Å². The largest absolute Gasteiger partial charge is 0.382 e. The predicted octanol–water partition coefficient (Wildman–Crippen LogP) is 4.24. The van der Waals surface area contributed by atoms with Crippen molar-refractivity contribution < 1.29 is 32.8 Å². The molecule has 5 aliphatic heterocycles. The van der Waals surface area contributed by atoms with E-state index >= 15 is 8.78 Å². The van der Waals surface area contributed by atoms with Crippen LogP contribution < -0.4 is 26.2 Å². The van der Waals surface area contributed by atoms with Crippen molar-refractivity contribution in [2.75, 3.05) is 66.7 Å². The van der Waals surface area contributed by atoms with Crippen LogP contribution in [-0.4, -0.2) is 111 Å². The van der Waals surface area contributed by atoms with Crippen molar-refractivity contribution >= 4 is 69.9 Å². The molecule has 3 aromatic heterocycles. The number of nitrogens with two attached hydrogens (primary N) is 1. The van der Waals surface area contributed by atoms with Crippen molar-refractivity contribution in [1.29, 1.82) is 0 Å². The average molecular weight is 876 g/mol. The number of carbonyl (C=O) groups is 5. The van der Waals surface area contributed by atoms with Gasteiger partial charge in [0.05, 0.1) is 16.8 Å². The fourth-order valence-electron chi connectivity index (χ4n) is 10.6. The maximum atomic E-state index is 15.8. The summed E-state index contributed by atoms with van der Waals surface area (Å²) in [7, 11) is 0. The highest BCUT2D eigenvalue weighted by Gasteiger charge is 2.58. The van der Waals surface area contributed by atoms with Crippen LogP contribution in [0.1, 0.15) is 56.8 Å². The summed E-state index contributed by atoms with van der Waals surface area (Å²) in [6.07, 6.45) is 6.79. The van der Waals surface area contributed by atoms with Crippen molar-refractivity contribution in [3.8, 4) is 11.3 Å². The highest BCUT2D eigenvalue weighted by molar-refractivity contribution is 6.30. The van der Waals surface area contributed by atoms with Gasteiger partial charge in [-0.15, -0.1) is 0 Å². The Morgan fingerprint density at radius 3 is 2.37 bits per heavy atom. The number of piperidine rings is 3. The second kappa shape index (κ2) is 14.5. The number of fused-ring (bicyclic) bond motifs is 3. The first-order chi connectivity index (χ1) is 30.3. The summed E-state index contributed by atoms with van der Waals surface area (Å²) < 4.78 is 33.2. The number of hydrogen-bond acceptors (Lipinski definition) is 12. The Morgan fingerprint density at radius 2 is 1.65 bits per heavy atom. The van der Waals surface area contributed by atoms with E-state index in [1.807, 2.05) is 9.30 Å². The normalized spacial score (nSPS) is 23.9. The Kier molecular flexibility index (Phi) is 9.06. The Balaban J connectivity index is 0.705. The van der Waals surface area contributed by atoms with Crippen LogP contribution in [0.5, 0.6) is 0 Å². The van der Waals surface area contributed by atoms with E-state index < -0.39 is 47.2 Å². The number of imide groups is 2. The minimum absolute atomic E-state index is 0.0105. The molecule has 19 heteroatoms. The maximum Gasteiger partial charge on any atom is 0.262 e. The van der Waals surface area contributed by atoms with Gasteiger partial charge >= 0.3 is 0 Å². The number of rotatable bonds is 8. The predicted molar refractivity (Wildman–Crippen MR) is 226 cm³/mol. The fourth-order valence-corrected chi connectivity index (χ4v) is 10.8. The molecule has 4 saturated heterocycles. The minimum Gasteiger partial charge on any atom is -0.382 e. The van der Waals surface area contributed by atoms with E-state index in [0.717, 1.165) is 62.6 Å². The first-order valence-corrected chi connectivity index (χ1v) is 21.4. The Hall–Kier alpha value is -6.53. The van der Waals surface area contributed by atoms with E-state index in [1.165, 1.54) is 30.5 Å². The van der Waals surface area contributed by atoms with Crippen LogP contribution in [0.4, 0.5) is 32.1 Å². The monoisotopic (exact) mass is 875 g/mol. The van der Waals surface area contributed by atoms with Crippen LogP contribution in [0.3, 0.4) is 0 Å². The molecule has 8 heterocycles. The molecule has 1 aliphatic carbocycles. The Labute approximate surface area is 363 Å². The molecule has 1 saturated carbocycles. The number of carbonyl (C=O) groups excluding carboxylic acids is 5. The van der Waals surface area contributed by atoms with E-state index in [4.69, 9.17) is 22.3 Å². The number of likely N-dealkylation sites (tertiary alicyclic amines) is 1. The van der Waals surface area contributed by atoms with Gasteiger partial charge in [-0.3, -0.25) is 38.6 Å². The molecular weight excluding hydrogens is 836 g/mol. The van der Waals surface area contributed by atoms with Crippen LogP contribution >= 0.6 is 11.6 Å². The van der Waals surface area contributed by atoms with Gasteiger partial charge < -0.3 is 25.8 Å². The smallest absolute Gasteiger partial charge is 0.262 e. The zero-order valence-electron chi connectivity index (χ0n) is 33.7. The van der Waals surface area contributed by atoms with Crippen LogP contribution in [0.2, 0.25) is 5.02 Å². The number of benzene rings is 2. The average Bonchev–Trinajstić information content (AvgIpc) is 3.51. The van der Waals surface area contributed by atoms with Gasteiger partial charge in [0, 0.05) is 87.0 Å². The SMILES string of the molecule is Nc1nccn2c(N3CCC4(CC3)CN(C[C@@H]3[C@H]5CN(c6cc7c(cc6F)C(=O)N(C6CCC(=O)NC6=O)C7=O)C[C@@H]35)C4)nc(-c3ccc(C(=O)Nc4cc(Cl)ccn4)cc3F)c12. The van der Waals surface area contributed by atoms with Gasteiger partial charge in [-0.25, -0.2) is 23.7 Å². The number of pyridine rings is 1. The number of hydrogen-bond donors (Lipinski definition) is 3. The molecule has 1 spiro atoms. The number of nitrogens with one attached hydrogen (secondary N) is 2. The summed E-state index contributed by atoms with van der Waals surface area (Å²) in [5.41, 5.74) is 7.96. The zero-order valence-corrected chi connectivity index (χ0v) is 34.4. The zero-order chi connectivity index (χ0) is 43.5. The van der Waals surface area contributed by atoms with Crippen molar-refractivity contribution in [2.45, 2.75) is 31.7 Å². The highest BCUT2D eigenvalue weighted by Crippen LogP contribution is 2.55. The van der Waals surface area contributed by atoms with Crippen LogP contribution in [0, 0.1) is 34.8 Å². The minimum atomic E-state index is -1.11. The molecule has 11 rings (SSSR count). The van der Waals surface area contributed by atoms with Crippen molar-refractivity contribution in [2.24, 2.45) is 23.2 Å². The third-order valence-corrected chi connectivity index (χ3v) is 14.2. The van der Waals surface area contributed by atoms with Gasteiger partial charge in [0.15, 0.2) is 0 Å². The highest BCUT2D eigenvalue weighted by atomic mass is 35.5. The lowest BCUT2D eigenvalue weighted by atomic mass is 9.72. The molecule has 4 N–H and O–H groups in total. The lowest BCUT2D eigenvalue weighted by Gasteiger charge is -2.54. The molecule has 63 heavy (non-hydrogen) atoms. The molecule has 5 amide bonds. The second-order valence-corrected chi connectivity index (χ2v) is 18.1. The second-order valence-electron chi connectivity index (χ2n) is 17.6. The third-order valence-electron chi connectivity index (χ3n) is 13.9. The summed E-state index contributed by atoms with van der Waals surface area (Å²) >= 11 is 6.01. The number of amides is 5. The molecule has 6 aliphatic rings. The van der Waals surface area contributed by atoms with E-state index in [1.54, 1.807) is 18.5 Å². The van der Waals surface area contributed by atoms with Gasteiger partial charge in [-0.2, -0.15) is 0 Å². The van der Waals surface area contributed by atoms with Gasteiger partial charge in [-0.05, 0) is 84.9 Å². The molecule has 16 nitrogen and oxygen atoms in total. The van der Waals surface area contributed by atoms with Crippen molar-refractivity contribution in [1.82, 2.24) is 34.5 Å². The number of aromatic nitrogens is 4. The molecule has 5 fully saturated rings. The molecule has 4 atom stereocenters. The van der Waals surface area contributed by atoms with Gasteiger partial charge in [0.2, 0.25) is 17.8 Å². The number of anilines is 4. The van der Waals surface area contributed by atoms with E-state index in [9.17, 15) is 24.0 Å². The molecule has 1 unspecified atom stereocenters. The summed E-state index contributed by atoms with van der Waals surface area (Å²) in [6.45, 7) is 5.77. The lowest BCUT2D eigenvalue weighted by molar-refractivity contribution is -0.136. The van der Waals surface area contributed by atoms with E-state index in [0.29, 0.717) is 53.0 Å². The number of nitrogens with zero attached hydrogens (tertiary/aromatic N) is 8. The third kappa shape index (κ3) is 6.56. The summed E-state index contributed by atoms with van der Waals surface area (Å²) in [5, 5.41) is 5.22. The molecule has 0 radical (unpaired) electrons. The first kappa shape index (κ1) is 39.3. The van der Waals surface area contributed by atoms with Gasteiger partial charge in [0.25, 0.3) is 17.7 Å². The summed E-state index contributed by atoms with van der Waals surface area (Å²) in [4.78, 5) is 84.4. The lowest BCUT2D eigenvalue weighted by Crippen LogP contribution is -2.61. The Morgan fingerprint density at radius 1 is 0.905 bits per heavy atom. The molecular formula is C44H40ClF2N11O5. The first-order valence-electron chi connectivity index (χ1n) is 21.0. The number of imidazole rings is 1. The molecule has 2 aromatic carbocycles. The van der Waals surface area contributed by atoms with Crippen LogP contribution in [-0.2, 0) is 9.59 Å². The van der Waals surface area contributed by atoms with Crippen LogP contribution in [0.15, 0.2) is 61.1 Å². The summed E-state index contributed by atoms with van der Waals surface area (Å²) in [6, 6.07) is 8.73. The quantitative estimate of drug-likeness (QED) is 0.188. The van der Waals surface area contributed by atoms with Crippen LogP contribution in [0.25, 0.3) is 16.8 Å². The molecule has 322 valence electrons. The molecule has 5 aromatic rings. The van der Waals surface area contributed by atoms with Crippen molar-refractivity contribution in [3.05, 3.63) is 94.4 Å². The molecule has 0 bridgehead atoms. The number of halogens is 3. The van der Waals surface area contributed by atoms with E-state index in [-0.39, 0.29) is 57.8 Å². The summed E-state index contributed by atoms with van der Waals surface area (Å²) in [5.74, 6) is -1.88. The fraction of sp³-hybridized carbons (Fsp3) is 0.364. The maximum absolute atomic E-state index is 15.8. The standard InChI is InChI=1S/C44H40ClF2N11O5/c45-23-5-8-49-34(14-23)51-39(60)22-1-2-24(30(46)13-22)36-37-38(48)50-9-12-57(37)43(53-36)55-10-6-44(7-11-55)20-54(21-44)17-27-28-18-56(19-29(27)28)33-16-26-25(15-31(33)47)41(62)58(42(26)63)32-3-4-35(59)52-40(32)61/h1-2,5,8-9,12-16,27-29,32H,3-4,6-7,10-11,17-21H2,(H2,48,50)(H,49,51,60)(H,52,59,61)/t27-,28-,29+,32?. The van der Waals surface area contributed by atoms with Gasteiger partial charge in [-0.1, -0.05) is 11.6 Å². The topological polar surface area (TPSA) is 191 Å². The number of nitrogen functional groups attached to an aromatic ring is 1. The van der Waals surface area contributed by atoms with E-state index in [2.05, 4.69) is 30.4 Å². The van der Waals surface area contributed by atoms with Gasteiger partial charge in [0.1, 0.15) is 40.5 Å².